The number of anilines is 1. The van der Waals surface area contributed by atoms with Gasteiger partial charge in [-0.3, -0.25) is 0 Å². The summed E-state index contributed by atoms with van der Waals surface area (Å²) in [6, 6.07) is 7.24. The molecule has 0 aromatic heterocycles. The van der Waals surface area contributed by atoms with Crippen molar-refractivity contribution in [3.63, 3.8) is 0 Å². The molecule has 0 radical (unpaired) electrons. The van der Waals surface area contributed by atoms with Crippen LogP contribution in [0.3, 0.4) is 0 Å². The number of benzene rings is 1. The largest absolute Gasteiger partial charge is 0.381 e. The molecule has 0 spiro atoms. The minimum absolute atomic E-state index is 0.665. The van der Waals surface area contributed by atoms with Crippen molar-refractivity contribution in [2.75, 3.05) is 25.0 Å². The van der Waals surface area contributed by atoms with Gasteiger partial charge in [0.05, 0.1) is 0 Å². The molecule has 3 aliphatic rings. The van der Waals surface area contributed by atoms with E-state index in [1.807, 2.05) is 0 Å². The van der Waals surface area contributed by atoms with E-state index in [-0.39, 0.29) is 0 Å². The van der Waals surface area contributed by atoms with Crippen LogP contribution in [0.2, 0.25) is 0 Å². The standard InChI is InChI=1S/C15H22N2/c1-11-4-3-5-14(12(11)2)16-15-10-17-8-6-13(15)7-9-17/h3-5,13,15-16H,6-10H2,1-2H3. The van der Waals surface area contributed by atoms with Crippen molar-refractivity contribution in [2.45, 2.75) is 32.7 Å². The Labute approximate surface area is 104 Å². The van der Waals surface area contributed by atoms with Crippen LogP contribution in [0.5, 0.6) is 0 Å². The molecular weight excluding hydrogens is 208 g/mol. The van der Waals surface area contributed by atoms with Crippen molar-refractivity contribution in [1.82, 2.24) is 4.90 Å². The van der Waals surface area contributed by atoms with Gasteiger partial charge in [0.15, 0.2) is 0 Å². The van der Waals surface area contributed by atoms with Crippen molar-refractivity contribution in [3.05, 3.63) is 29.3 Å². The molecule has 1 atom stereocenters. The Bertz CT molecular complexity index is 405. The van der Waals surface area contributed by atoms with E-state index < -0.39 is 0 Å². The molecule has 0 amide bonds. The third-order valence-corrected chi connectivity index (χ3v) is 4.60. The number of rotatable bonds is 2. The molecule has 3 aliphatic heterocycles. The molecule has 17 heavy (non-hydrogen) atoms. The molecule has 4 rings (SSSR count). The first kappa shape index (κ1) is 11.1. The van der Waals surface area contributed by atoms with Gasteiger partial charge in [0.25, 0.3) is 0 Å². The van der Waals surface area contributed by atoms with E-state index in [9.17, 15) is 0 Å². The molecule has 1 aromatic rings. The highest BCUT2D eigenvalue weighted by Gasteiger charge is 2.33. The first-order valence-corrected chi connectivity index (χ1v) is 6.79. The number of fused-ring (bicyclic) bond motifs is 3. The van der Waals surface area contributed by atoms with Gasteiger partial charge in [0.1, 0.15) is 0 Å². The van der Waals surface area contributed by atoms with Crippen LogP contribution in [0, 0.1) is 19.8 Å². The van der Waals surface area contributed by atoms with Crippen LogP contribution in [-0.2, 0) is 0 Å². The predicted octanol–water partition coefficient (Wildman–Crippen LogP) is 2.81. The van der Waals surface area contributed by atoms with E-state index in [1.54, 1.807) is 0 Å². The molecule has 1 unspecified atom stereocenters. The average Bonchev–Trinajstić information content (AvgIpc) is 2.36. The lowest BCUT2D eigenvalue weighted by atomic mass is 9.84. The summed E-state index contributed by atoms with van der Waals surface area (Å²) in [7, 11) is 0. The third-order valence-electron chi connectivity index (χ3n) is 4.60. The van der Waals surface area contributed by atoms with Crippen molar-refractivity contribution < 1.29 is 0 Å². The summed E-state index contributed by atoms with van der Waals surface area (Å²) in [6.45, 7) is 8.28. The second-order valence-electron chi connectivity index (χ2n) is 5.64. The molecular formula is C15H22N2. The fourth-order valence-corrected chi connectivity index (χ4v) is 3.24. The van der Waals surface area contributed by atoms with Gasteiger partial charge < -0.3 is 10.2 Å². The van der Waals surface area contributed by atoms with E-state index in [0.717, 1.165) is 5.92 Å². The minimum Gasteiger partial charge on any atom is -0.381 e. The number of hydrogen-bond acceptors (Lipinski definition) is 2. The maximum Gasteiger partial charge on any atom is 0.0417 e. The molecule has 3 fully saturated rings. The maximum atomic E-state index is 3.78. The van der Waals surface area contributed by atoms with Crippen molar-refractivity contribution in [2.24, 2.45) is 5.92 Å². The summed E-state index contributed by atoms with van der Waals surface area (Å²) < 4.78 is 0. The van der Waals surface area contributed by atoms with Crippen LogP contribution in [0.25, 0.3) is 0 Å². The first-order valence-electron chi connectivity index (χ1n) is 6.79. The maximum absolute atomic E-state index is 3.78. The molecule has 2 nitrogen and oxygen atoms in total. The van der Waals surface area contributed by atoms with E-state index in [2.05, 4.69) is 42.3 Å². The van der Waals surface area contributed by atoms with Gasteiger partial charge in [0.2, 0.25) is 0 Å². The van der Waals surface area contributed by atoms with E-state index in [1.165, 1.54) is 49.3 Å². The Hall–Kier alpha value is -1.02. The zero-order valence-corrected chi connectivity index (χ0v) is 10.9. The molecule has 2 heteroatoms. The topological polar surface area (TPSA) is 15.3 Å². The van der Waals surface area contributed by atoms with Crippen LogP contribution in [0.4, 0.5) is 5.69 Å². The molecule has 92 valence electrons. The number of aryl methyl sites for hydroxylation is 1. The summed E-state index contributed by atoms with van der Waals surface area (Å²) in [5.41, 5.74) is 4.13. The van der Waals surface area contributed by atoms with Gasteiger partial charge >= 0.3 is 0 Å². The van der Waals surface area contributed by atoms with Gasteiger partial charge in [0, 0.05) is 18.3 Å². The Kier molecular flexibility index (Phi) is 2.83. The van der Waals surface area contributed by atoms with Crippen LogP contribution < -0.4 is 5.32 Å². The number of piperidine rings is 3. The fraction of sp³-hybridized carbons (Fsp3) is 0.600. The predicted molar refractivity (Wildman–Crippen MR) is 72.5 cm³/mol. The lowest BCUT2D eigenvalue weighted by Crippen LogP contribution is -2.53. The summed E-state index contributed by atoms with van der Waals surface area (Å²) in [4.78, 5) is 2.60. The van der Waals surface area contributed by atoms with Gasteiger partial charge in [-0.2, -0.15) is 0 Å². The van der Waals surface area contributed by atoms with Crippen LogP contribution in [0.1, 0.15) is 24.0 Å². The molecule has 2 bridgehead atoms. The highest BCUT2D eigenvalue weighted by Crippen LogP contribution is 2.30. The highest BCUT2D eigenvalue weighted by atomic mass is 15.2. The Morgan fingerprint density at radius 2 is 1.94 bits per heavy atom. The summed E-state index contributed by atoms with van der Waals surface area (Å²) in [5.74, 6) is 0.889. The van der Waals surface area contributed by atoms with Gasteiger partial charge in [-0.05, 0) is 62.9 Å². The molecule has 3 heterocycles. The smallest absolute Gasteiger partial charge is 0.0417 e. The first-order chi connectivity index (χ1) is 8.24. The summed E-state index contributed by atoms with van der Waals surface area (Å²) in [5, 5.41) is 3.78. The molecule has 1 aromatic carbocycles. The summed E-state index contributed by atoms with van der Waals surface area (Å²) >= 11 is 0. The van der Waals surface area contributed by atoms with E-state index in [0.29, 0.717) is 6.04 Å². The van der Waals surface area contributed by atoms with E-state index in [4.69, 9.17) is 0 Å². The Balaban J connectivity index is 1.76. The van der Waals surface area contributed by atoms with Crippen molar-refractivity contribution in [1.29, 1.82) is 0 Å². The quantitative estimate of drug-likeness (QED) is 0.840. The van der Waals surface area contributed by atoms with Gasteiger partial charge in [-0.1, -0.05) is 12.1 Å². The van der Waals surface area contributed by atoms with Gasteiger partial charge in [-0.25, -0.2) is 0 Å². The monoisotopic (exact) mass is 230 g/mol. The Morgan fingerprint density at radius 3 is 2.59 bits per heavy atom. The second kappa shape index (κ2) is 4.34. The Morgan fingerprint density at radius 1 is 1.18 bits per heavy atom. The zero-order valence-electron chi connectivity index (χ0n) is 10.9. The minimum atomic E-state index is 0.665. The van der Waals surface area contributed by atoms with Gasteiger partial charge in [-0.15, -0.1) is 0 Å². The molecule has 0 aliphatic carbocycles. The number of hydrogen-bond donors (Lipinski definition) is 1. The van der Waals surface area contributed by atoms with Crippen molar-refractivity contribution in [3.8, 4) is 0 Å². The van der Waals surface area contributed by atoms with Crippen LogP contribution in [0.15, 0.2) is 18.2 Å². The highest BCUT2D eigenvalue weighted by molar-refractivity contribution is 5.54. The number of nitrogens with zero attached hydrogens (tertiary/aromatic N) is 1. The lowest BCUT2D eigenvalue weighted by Gasteiger charge is -2.45. The average molecular weight is 230 g/mol. The zero-order chi connectivity index (χ0) is 11.8. The summed E-state index contributed by atoms with van der Waals surface area (Å²) in [6.07, 6.45) is 2.76. The fourth-order valence-electron chi connectivity index (χ4n) is 3.24. The molecule has 3 saturated heterocycles. The normalized spacial score (nSPS) is 31.5. The third kappa shape index (κ3) is 2.06. The molecule has 1 N–H and O–H groups in total. The van der Waals surface area contributed by atoms with Crippen molar-refractivity contribution >= 4 is 5.69 Å². The second-order valence-corrected chi connectivity index (χ2v) is 5.64. The lowest BCUT2D eigenvalue weighted by molar-refractivity contribution is 0.0975. The molecule has 0 saturated carbocycles. The van der Waals surface area contributed by atoms with Crippen LogP contribution >= 0.6 is 0 Å². The number of nitrogens with one attached hydrogen (secondary N) is 1. The van der Waals surface area contributed by atoms with E-state index >= 15 is 0 Å². The SMILES string of the molecule is Cc1cccc(NC2CN3CCC2CC3)c1C. The van der Waals surface area contributed by atoms with Crippen LogP contribution in [-0.4, -0.2) is 30.6 Å².